The summed E-state index contributed by atoms with van der Waals surface area (Å²) in [7, 11) is 0. The van der Waals surface area contributed by atoms with Crippen molar-refractivity contribution in [2.24, 2.45) is 5.73 Å². The monoisotopic (exact) mass is 384 g/mol. The minimum absolute atomic E-state index is 0. The average molecular weight is 386 g/mol. The predicted octanol–water partition coefficient (Wildman–Crippen LogP) is 3.48. The van der Waals surface area contributed by atoms with Gasteiger partial charge in [-0.05, 0) is 60.4 Å². The van der Waals surface area contributed by atoms with E-state index >= 15 is 0 Å². The molecule has 1 aromatic rings. The van der Waals surface area contributed by atoms with Gasteiger partial charge < -0.3 is 15.4 Å². The van der Waals surface area contributed by atoms with Crippen molar-refractivity contribution in [2.75, 3.05) is 26.2 Å². The van der Waals surface area contributed by atoms with Crippen molar-refractivity contribution in [3.8, 4) is 5.75 Å². The van der Waals surface area contributed by atoms with Crippen LogP contribution in [0, 0.1) is 0 Å². The highest BCUT2D eigenvalue weighted by Crippen LogP contribution is 2.23. The normalized spacial score (nSPS) is 16.1. The van der Waals surface area contributed by atoms with Gasteiger partial charge in [-0.15, -0.1) is 24.8 Å². The fourth-order valence-electron chi connectivity index (χ4n) is 2.21. The molecule has 0 saturated carbocycles. The summed E-state index contributed by atoms with van der Waals surface area (Å²) in [5.41, 5.74) is 5.89. The van der Waals surface area contributed by atoms with Crippen LogP contribution in [0.3, 0.4) is 0 Å². The van der Waals surface area contributed by atoms with Gasteiger partial charge in [-0.1, -0.05) is 12.1 Å². The number of likely N-dealkylation sites (tertiary alicyclic amines) is 1. The first kappa shape index (κ1) is 20.0. The number of nitrogens with two attached hydrogens (primary N) is 1. The van der Waals surface area contributed by atoms with Crippen LogP contribution in [-0.2, 0) is 0 Å². The molecule has 0 aromatic heterocycles. The zero-order valence-electron chi connectivity index (χ0n) is 11.5. The van der Waals surface area contributed by atoms with Gasteiger partial charge in [-0.25, -0.2) is 0 Å². The summed E-state index contributed by atoms with van der Waals surface area (Å²) in [4.78, 5) is 2.48. The Morgan fingerprint density at radius 1 is 1.20 bits per heavy atom. The molecule has 6 heteroatoms. The van der Waals surface area contributed by atoms with Crippen LogP contribution < -0.4 is 10.5 Å². The number of rotatable bonds is 5. The van der Waals surface area contributed by atoms with Gasteiger partial charge in [-0.3, -0.25) is 0 Å². The maximum absolute atomic E-state index is 5.89. The number of benzene rings is 1. The molecule has 1 heterocycles. The number of para-hydroxylation sites is 1. The second-order valence-electron chi connectivity index (χ2n) is 4.81. The lowest BCUT2D eigenvalue weighted by atomic mass is 10.1. The van der Waals surface area contributed by atoms with Gasteiger partial charge in [-0.2, -0.15) is 0 Å². The van der Waals surface area contributed by atoms with Crippen LogP contribution in [0.4, 0.5) is 0 Å². The highest BCUT2D eigenvalue weighted by atomic mass is 79.9. The molecule has 116 valence electrons. The van der Waals surface area contributed by atoms with Crippen LogP contribution in [0.15, 0.2) is 28.7 Å². The van der Waals surface area contributed by atoms with E-state index in [0.717, 1.165) is 55.7 Å². The van der Waals surface area contributed by atoms with Gasteiger partial charge in [0.05, 0.1) is 11.1 Å². The van der Waals surface area contributed by atoms with Crippen LogP contribution in [0.5, 0.6) is 5.75 Å². The zero-order valence-corrected chi connectivity index (χ0v) is 14.7. The average Bonchev–Trinajstić information content (AvgIpc) is 2.39. The van der Waals surface area contributed by atoms with Crippen molar-refractivity contribution in [3.63, 3.8) is 0 Å². The van der Waals surface area contributed by atoms with Crippen molar-refractivity contribution in [1.29, 1.82) is 0 Å². The Bertz CT molecular complexity index is 374. The van der Waals surface area contributed by atoms with Gasteiger partial charge in [0.2, 0.25) is 0 Å². The van der Waals surface area contributed by atoms with Gasteiger partial charge in [0.25, 0.3) is 0 Å². The van der Waals surface area contributed by atoms with Crippen molar-refractivity contribution in [2.45, 2.75) is 25.3 Å². The molecule has 0 spiro atoms. The predicted molar refractivity (Wildman–Crippen MR) is 92.4 cm³/mol. The standard InChI is InChI=1S/C14H21BrN2O.2ClH/c15-13-4-1-2-5-14(13)18-11-3-8-17-9-6-12(16)7-10-17;;/h1-2,4-5,12H,3,6-11,16H2;2*1H. The van der Waals surface area contributed by atoms with E-state index < -0.39 is 0 Å². The third-order valence-corrected chi connectivity index (χ3v) is 4.00. The Balaban J connectivity index is 0.00000180. The van der Waals surface area contributed by atoms with Crippen molar-refractivity contribution < 1.29 is 4.74 Å². The minimum atomic E-state index is 0. The van der Waals surface area contributed by atoms with Crippen LogP contribution >= 0.6 is 40.7 Å². The fraction of sp³-hybridized carbons (Fsp3) is 0.571. The summed E-state index contributed by atoms with van der Waals surface area (Å²) >= 11 is 3.48. The molecule has 2 rings (SSSR count). The zero-order chi connectivity index (χ0) is 12.8. The van der Waals surface area contributed by atoms with Crippen LogP contribution in [-0.4, -0.2) is 37.2 Å². The SMILES string of the molecule is Cl.Cl.NC1CCN(CCCOc2ccccc2Br)CC1. The Morgan fingerprint density at radius 3 is 2.50 bits per heavy atom. The highest BCUT2D eigenvalue weighted by Gasteiger charge is 2.15. The molecule has 1 aliphatic heterocycles. The lowest BCUT2D eigenvalue weighted by molar-refractivity contribution is 0.193. The number of piperidine rings is 1. The number of hydrogen-bond donors (Lipinski definition) is 1. The molecule has 1 aliphatic rings. The van der Waals surface area contributed by atoms with E-state index in [1.54, 1.807) is 0 Å². The molecule has 0 radical (unpaired) electrons. The molecule has 1 aromatic carbocycles. The molecule has 0 amide bonds. The molecule has 2 N–H and O–H groups in total. The summed E-state index contributed by atoms with van der Waals surface area (Å²) in [6.07, 6.45) is 3.33. The van der Waals surface area contributed by atoms with E-state index in [2.05, 4.69) is 20.8 Å². The molecule has 20 heavy (non-hydrogen) atoms. The first-order valence-electron chi connectivity index (χ1n) is 6.61. The topological polar surface area (TPSA) is 38.5 Å². The van der Waals surface area contributed by atoms with E-state index in [4.69, 9.17) is 10.5 Å². The molecule has 1 fully saturated rings. The second kappa shape index (κ2) is 10.7. The van der Waals surface area contributed by atoms with Crippen LogP contribution in [0.1, 0.15) is 19.3 Å². The van der Waals surface area contributed by atoms with Gasteiger partial charge in [0.1, 0.15) is 5.75 Å². The van der Waals surface area contributed by atoms with E-state index in [1.807, 2.05) is 24.3 Å². The van der Waals surface area contributed by atoms with Crippen LogP contribution in [0.2, 0.25) is 0 Å². The van der Waals surface area contributed by atoms with E-state index in [-0.39, 0.29) is 24.8 Å². The van der Waals surface area contributed by atoms with E-state index in [9.17, 15) is 0 Å². The number of nitrogens with zero attached hydrogens (tertiary/aromatic N) is 1. The Hall–Kier alpha value is -0.000000000000000111. The molecule has 0 aliphatic carbocycles. The first-order valence-corrected chi connectivity index (χ1v) is 7.40. The van der Waals surface area contributed by atoms with Crippen molar-refractivity contribution in [3.05, 3.63) is 28.7 Å². The fourth-order valence-corrected chi connectivity index (χ4v) is 2.61. The van der Waals surface area contributed by atoms with Gasteiger partial charge >= 0.3 is 0 Å². The lowest BCUT2D eigenvalue weighted by Crippen LogP contribution is -2.40. The van der Waals surface area contributed by atoms with Gasteiger partial charge in [0, 0.05) is 12.6 Å². The highest BCUT2D eigenvalue weighted by molar-refractivity contribution is 9.10. The summed E-state index contributed by atoms with van der Waals surface area (Å²) in [5, 5.41) is 0. The third-order valence-electron chi connectivity index (χ3n) is 3.35. The molecule has 1 saturated heterocycles. The van der Waals surface area contributed by atoms with E-state index in [0.29, 0.717) is 6.04 Å². The maximum Gasteiger partial charge on any atom is 0.133 e. The van der Waals surface area contributed by atoms with E-state index in [1.165, 1.54) is 0 Å². The molecular formula is C14H23BrCl2N2O. The largest absolute Gasteiger partial charge is 0.492 e. The second-order valence-corrected chi connectivity index (χ2v) is 5.67. The van der Waals surface area contributed by atoms with Crippen molar-refractivity contribution in [1.82, 2.24) is 4.90 Å². The lowest BCUT2D eigenvalue weighted by Gasteiger charge is -2.29. The summed E-state index contributed by atoms with van der Waals surface area (Å²) < 4.78 is 6.77. The van der Waals surface area contributed by atoms with Gasteiger partial charge in [0.15, 0.2) is 0 Å². The summed E-state index contributed by atoms with van der Waals surface area (Å²) in [6, 6.07) is 8.39. The Kier molecular flexibility index (Phi) is 10.7. The summed E-state index contributed by atoms with van der Waals surface area (Å²) in [6.45, 7) is 4.15. The molecule has 0 atom stereocenters. The Labute approximate surface area is 142 Å². The maximum atomic E-state index is 5.89. The van der Waals surface area contributed by atoms with Crippen molar-refractivity contribution >= 4 is 40.7 Å². The number of halogens is 3. The molecule has 0 unspecified atom stereocenters. The number of ether oxygens (including phenoxy) is 1. The molecule has 0 bridgehead atoms. The smallest absolute Gasteiger partial charge is 0.133 e. The minimum Gasteiger partial charge on any atom is -0.492 e. The first-order chi connectivity index (χ1) is 8.75. The quantitative estimate of drug-likeness (QED) is 0.788. The van der Waals surface area contributed by atoms with Crippen LogP contribution in [0.25, 0.3) is 0 Å². The molecule has 3 nitrogen and oxygen atoms in total. The number of hydrogen-bond acceptors (Lipinski definition) is 3. The Morgan fingerprint density at radius 2 is 1.85 bits per heavy atom. The summed E-state index contributed by atoms with van der Waals surface area (Å²) in [5.74, 6) is 0.929. The molecular weight excluding hydrogens is 363 g/mol. The third kappa shape index (κ3) is 6.64.